The molecule has 1 aromatic carbocycles. The van der Waals surface area contributed by atoms with Crippen molar-refractivity contribution in [2.75, 3.05) is 6.54 Å². The van der Waals surface area contributed by atoms with E-state index in [0.717, 1.165) is 6.42 Å². The summed E-state index contributed by atoms with van der Waals surface area (Å²) in [5.74, 6) is 0. The third kappa shape index (κ3) is 4.20. The molecule has 0 aliphatic rings. The summed E-state index contributed by atoms with van der Waals surface area (Å²) in [5.41, 5.74) is 0.212. The normalized spacial score (nSPS) is 12.2. The van der Waals surface area contributed by atoms with Crippen molar-refractivity contribution < 1.29 is 8.42 Å². The third-order valence-electron chi connectivity index (χ3n) is 3.05. The smallest absolute Gasteiger partial charge is 0.211 e. The molecule has 0 heterocycles. The molecular weight excluding hydrogens is 284 g/mol. The van der Waals surface area contributed by atoms with Crippen molar-refractivity contribution in [2.45, 2.75) is 32.1 Å². The average Bonchev–Trinajstić information content (AvgIpc) is 2.36. The lowest BCUT2D eigenvalue weighted by Gasteiger charge is -2.22. The average molecular weight is 301 g/mol. The first-order valence-electron chi connectivity index (χ1n) is 5.91. The van der Waals surface area contributed by atoms with Gasteiger partial charge in [-0.05, 0) is 30.0 Å². The van der Waals surface area contributed by atoms with Crippen LogP contribution in [0.2, 0.25) is 5.02 Å². The molecule has 0 bridgehead atoms. The predicted octanol–water partition coefficient (Wildman–Crippen LogP) is 2.93. The van der Waals surface area contributed by atoms with Crippen LogP contribution in [0, 0.1) is 16.7 Å². The zero-order chi connectivity index (χ0) is 14.7. The largest absolute Gasteiger partial charge is 0.242 e. The molecule has 0 atom stereocenters. The monoisotopic (exact) mass is 300 g/mol. The molecule has 1 rings (SSSR count). The van der Waals surface area contributed by atoms with Gasteiger partial charge in [-0.2, -0.15) is 5.26 Å². The summed E-state index contributed by atoms with van der Waals surface area (Å²) in [4.78, 5) is 0.0000646. The van der Waals surface area contributed by atoms with Gasteiger partial charge in [-0.1, -0.05) is 32.4 Å². The quantitative estimate of drug-likeness (QED) is 0.909. The van der Waals surface area contributed by atoms with Gasteiger partial charge in [-0.3, -0.25) is 0 Å². The maximum Gasteiger partial charge on any atom is 0.242 e. The van der Waals surface area contributed by atoms with Crippen LogP contribution in [0.3, 0.4) is 0 Å². The molecule has 0 fully saturated rings. The Morgan fingerprint density at radius 1 is 1.42 bits per heavy atom. The number of nitriles is 1. The summed E-state index contributed by atoms with van der Waals surface area (Å²) < 4.78 is 26.8. The van der Waals surface area contributed by atoms with Crippen LogP contribution in [-0.4, -0.2) is 15.0 Å². The van der Waals surface area contributed by atoms with Gasteiger partial charge in [0.2, 0.25) is 10.0 Å². The lowest BCUT2D eigenvalue weighted by Crippen LogP contribution is -2.33. The van der Waals surface area contributed by atoms with Gasteiger partial charge in [0.15, 0.2) is 0 Å². The van der Waals surface area contributed by atoms with Crippen LogP contribution in [0.15, 0.2) is 23.1 Å². The highest BCUT2D eigenvalue weighted by atomic mass is 35.5. The fourth-order valence-corrected chi connectivity index (χ4v) is 3.07. The first kappa shape index (κ1) is 16.0. The SMILES string of the molecule is CCC(C)(C)CNS(=O)(=O)c1ccc(C#N)cc1Cl. The molecule has 0 aromatic heterocycles. The molecule has 4 nitrogen and oxygen atoms in total. The standard InChI is InChI=1S/C13H17ClN2O2S/c1-4-13(2,3)9-16-19(17,18)12-6-5-10(8-15)7-11(12)14/h5-7,16H,4,9H2,1-3H3. The molecule has 1 N–H and O–H groups in total. The second kappa shape index (κ2) is 5.91. The second-order valence-electron chi connectivity index (χ2n) is 5.10. The molecular formula is C13H17ClN2O2S. The topological polar surface area (TPSA) is 70.0 Å². The highest BCUT2D eigenvalue weighted by Crippen LogP contribution is 2.24. The molecule has 0 radical (unpaired) electrons. The maximum absolute atomic E-state index is 12.1. The Hall–Kier alpha value is -1.09. The van der Waals surface area contributed by atoms with E-state index in [1.807, 2.05) is 26.8 Å². The minimum Gasteiger partial charge on any atom is -0.211 e. The van der Waals surface area contributed by atoms with Crippen LogP contribution >= 0.6 is 11.6 Å². The van der Waals surface area contributed by atoms with Crippen LogP contribution in [0.5, 0.6) is 0 Å². The van der Waals surface area contributed by atoms with Crippen molar-refractivity contribution in [2.24, 2.45) is 5.41 Å². The number of nitrogens with one attached hydrogen (secondary N) is 1. The summed E-state index contributed by atoms with van der Waals surface area (Å²) in [6.07, 6.45) is 0.858. The Morgan fingerprint density at radius 3 is 2.53 bits per heavy atom. The molecule has 6 heteroatoms. The summed E-state index contributed by atoms with van der Waals surface area (Å²) in [6, 6.07) is 6.05. The fourth-order valence-electron chi connectivity index (χ4n) is 1.28. The van der Waals surface area contributed by atoms with Crippen LogP contribution < -0.4 is 4.72 Å². The minimum atomic E-state index is -3.65. The Balaban J connectivity index is 2.99. The van der Waals surface area contributed by atoms with E-state index in [0.29, 0.717) is 12.1 Å². The summed E-state index contributed by atoms with van der Waals surface area (Å²) in [7, 11) is -3.65. The van der Waals surface area contributed by atoms with Crippen molar-refractivity contribution in [1.82, 2.24) is 4.72 Å². The van der Waals surface area contributed by atoms with Gasteiger partial charge in [0.1, 0.15) is 4.90 Å². The first-order valence-corrected chi connectivity index (χ1v) is 7.77. The van der Waals surface area contributed by atoms with Gasteiger partial charge in [0.25, 0.3) is 0 Å². The molecule has 0 saturated carbocycles. The van der Waals surface area contributed by atoms with Gasteiger partial charge >= 0.3 is 0 Å². The van der Waals surface area contributed by atoms with E-state index in [-0.39, 0.29) is 15.3 Å². The molecule has 0 spiro atoms. The van der Waals surface area contributed by atoms with E-state index < -0.39 is 10.0 Å². The molecule has 0 aliphatic heterocycles. The molecule has 0 unspecified atom stereocenters. The van der Waals surface area contributed by atoms with Gasteiger partial charge < -0.3 is 0 Å². The lowest BCUT2D eigenvalue weighted by atomic mass is 9.91. The number of halogens is 1. The van der Waals surface area contributed by atoms with E-state index in [9.17, 15) is 8.42 Å². The lowest BCUT2D eigenvalue weighted by molar-refractivity contribution is 0.350. The Bertz CT molecular complexity index is 604. The molecule has 0 aliphatic carbocycles. The molecule has 19 heavy (non-hydrogen) atoms. The number of hydrogen-bond donors (Lipinski definition) is 1. The van der Waals surface area contributed by atoms with Gasteiger partial charge in [0, 0.05) is 6.54 Å². The van der Waals surface area contributed by atoms with Crippen LogP contribution in [0.4, 0.5) is 0 Å². The molecule has 0 saturated heterocycles. The Labute approximate surface area is 119 Å². The third-order valence-corrected chi connectivity index (χ3v) is 4.93. The fraction of sp³-hybridized carbons (Fsp3) is 0.462. The van der Waals surface area contributed by atoms with Crippen molar-refractivity contribution in [3.05, 3.63) is 28.8 Å². The van der Waals surface area contributed by atoms with Crippen molar-refractivity contribution in [3.63, 3.8) is 0 Å². The highest BCUT2D eigenvalue weighted by Gasteiger charge is 2.22. The van der Waals surface area contributed by atoms with Gasteiger partial charge in [-0.25, -0.2) is 13.1 Å². The number of hydrogen-bond acceptors (Lipinski definition) is 3. The number of rotatable bonds is 5. The van der Waals surface area contributed by atoms with E-state index in [2.05, 4.69) is 4.72 Å². The zero-order valence-electron chi connectivity index (χ0n) is 11.2. The van der Waals surface area contributed by atoms with E-state index in [4.69, 9.17) is 16.9 Å². The van der Waals surface area contributed by atoms with Crippen LogP contribution in [0.1, 0.15) is 32.8 Å². The van der Waals surface area contributed by atoms with Crippen molar-refractivity contribution >= 4 is 21.6 Å². The number of nitrogens with zero attached hydrogens (tertiary/aromatic N) is 1. The Kier molecular flexibility index (Phi) is 4.97. The van der Waals surface area contributed by atoms with Crippen molar-refractivity contribution in [3.8, 4) is 6.07 Å². The highest BCUT2D eigenvalue weighted by molar-refractivity contribution is 7.89. The second-order valence-corrected chi connectivity index (χ2v) is 7.24. The van der Waals surface area contributed by atoms with Gasteiger partial charge in [0.05, 0.1) is 16.7 Å². The van der Waals surface area contributed by atoms with E-state index >= 15 is 0 Å². The Morgan fingerprint density at radius 2 is 2.05 bits per heavy atom. The summed E-state index contributed by atoms with van der Waals surface area (Å²) in [5, 5.41) is 8.78. The number of benzene rings is 1. The zero-order valence-corrected chi connectivity index (χ0v) is 12.8. The predicted molar refractivity (Wildman–Crippen MR) is 75.4 cm³/mol. The maximum atomic E-state index is 12.1. The summed E-state index contributed by atoms with van der Waals surface area (Å²) in [6.45, 7) is 6.30. The molecule has 104 valence electrons. The first-order chi connectivity index (χ1) is 8.72. The van der Waals surface area contributed by atoms with E-state index in [1.165, 1.54) is 18.2 Å². The minimum absolute atomic E-state index is 0.0000646. The van der Waals surface area contributed by atoms with E-state index in [1.54, 1.807) is 0 Å². The summed E-state index contributed by atoms with van der Waals surface area (Å²) >= 11 is 5.91. The van der Waals surface area contributed by atoms with Crippen LogP contribution in [-0.2, 0) is 10.0 Å². The molecule has 0 amide bonds. The van der Waals surface area contributed by atoms with Crippen molar-refractivity contribution in [1.29, 1.82) is 5.26 Å². The van der Waals surface area contributed by atoms with Gasteiger partial charge in [-0.15, -0.1) is 0 Å². The molecule has 1 aromatic rings. The number of sulfonamides is 1. The van der Waals surface area contributed by atoms with Crippen LogP contribution in [0.25, 0.3) is 0 Å².